The summed E-state index contributed by atoms with van der Waals surface area (Å²) in [5, 5.41) is 12.4. The van der Waals surface area contributed by atoms with Crippen molar-refractivity contribution in [2.24, 2.45) is 5.92 Å². The highest BCUT2D eigenvalue weighted by Gasteiger charge is 2.46. The van der Waals surface area contributed by atoms with Crippen LogP contribution in [0.2, 0.25) is 0 Å². The summed E-state index contributed by atoms with van der Waals surface area (Å²) in [7, 11) is 0. The second-order valence-corrected chi connectivity index (χ2v) is 11.1. The Hall–Kier alpha value is -3.41. The van der Waals surface area contributed by atoms with Gasteiger partial charge in [-0.1, -0.05) is 36.0 Å². The van der Waals surface area contributed by atoms with Gasteiger partial charge in [-0.2, -0.15) is 26.3 Å². The second kappa shape index (κ2) is 12.6. The molecule has 0 saturated heterocycles. The predicted octanol–water partition coefficient (Wildman–Crippen LogP) is 7.73. The van der Waals surface area contributed by atoms with Crippen LogP contribution >= 0.6 is 11.8 Å². The number of halogens is 6. The Morgan fingerprint density at radius 1 is 0.951 bits per heavy atom. The number of anilines is 1. The molecule has 4 rings (SSSR count). The quantitative estimate of drug-likeness (QED) is 0.194. The van der Waals surface area contributed by atoms with Gasteiger partial charge in [0.2, 0.25) is 5.91 Å². The van der Waals surface area contributed by atoms with Crippen molar-refractivity contribution in [2.75, 3.05) is 18.4 Å². The minimum absolute atomic E-state index is 0.0249. The molecular weight excluding hydrogens is 570 g/mol. The molecule has 0 unspecified atom stereocenters. The normalized spacial score (nSPS) is 19.9. The smallest absolute Gasteiger partial charge is 0.418 e. The van der Waals surface area contributed by atoms with Gasteiger partial charge in [0.15, 0.2) is 0 Å². The average Bonchev–Trinajstić information content (AvgIpc) is 2.91. The maximum Gasteiger partial charge on any atom is 0.418 e. The summed E-state index contributed by atoms with van der Waals surface area (Å²) < 4.78 is 85.1. The van der Waals surface area contributed by atoms with Crippen molar-refractivity contribution < 1.29 is 41.0 Å². The molecule has 1 saturated carbocycles. The molecule has 1 aliphatic carbocycles. The number of hydrogen-bond acceptors (Lipinski definition) is 4. The molecule has 2 aromatic carbocycles. The maximum absolute atomic E-state index is 14.2. The fourth-order valence-corrected chi connectivity index (χ4v) is 6.06. The van der Waals surface area contributed by atoms with Crippen LogP contribution in [-0.4, -0.2) is 41.0 Å². The second-order valence-electron chi connectivity index (χ2n) is 9.94. The van der Waals surface area contributed by atoms with E-state index in [0.29, 0.717) is 61.0 Å². The lowest BCUT2D eigenvalue weighted by Crippen LogP contribution is -2.32. The first-order chi connectivity index (χ1) is 19.3. The van der Waals surface area contributed by atoms with E-state index in [1.807, 2.05) is 6.08 Å². The van der Waals surface area contributed by atoms with Crippen molar-refractivity contribution in [2.45, 2.75) is 60.3 Å². The number of nitrogens with zero attached hydrogens (tertiary/aromatic N) is 1. The standard InChI is InChI=1S/C29H28F6N2O3S/c30-28(31,32)25-18(10-14-24(38)37-15-2-1-3-16-37)9-13-23(26(25)29(33,34)35)41-22-6-4-5-21(17-22)36-20-11-7-19(8-12-20)27(39)40/h1-2,4-6,9-10,13-14,17,19-20,36H,3,7-8,11-12,15-16H2,(H,39,40)/b14-10+. The highest BCUT2D eigenvalue weighted by molar-refractivity contribution is 7.99. The molecule has 1 fully saturated rings. The molecule has 0 bridgehead atoms. The zero-order chi connectivity index (χ0) is 29.8. The summed E-state index contributed by atoms with van der Waals surface area (Å²) in [4.78, 5) is 24.7. The number of benzene rings is 2. The number of carboxylic acid groups (broad SMARTS) is 1. The number of alkyl halides is 6. The molecule has 0 aromatic heterocycles. The van der Waals surface area contributed by atoms with Crippen molar-refractivity contribution in [3.05, 3.63) is 71.3 Å². The molecule has 0 radical (unpaired) electrons. The Balaban J connectivity index is 1.61. The largest absolute Gasteiger partial charge is 0.481 e. The van der Waals surface area contributed by atoms with Crippen LogP contribution in [0.1, 0.15) is 48.8 Å². The molecule has 1 amide bonds. The lowest BCUT2D eigenvalue weighted by molar-refractivity contribution is -0.163. The zero-order valence-corrected chi connectivity index (χ0v) is 22.6. The van der Waals surface area contributed by atoms with Crippen molar-refractivity contribution in [1.29, 1.82) is 0 Å². The van der Waals surface area contributed by atoms with E-state index in [9.17, 15) is 35.9 Å². The van der Waals surface area contributed by atoms with Gasteiger partial charge in [0.1, 0.15) is 0 Å². The number of nitrogens with one attached hydrogen (secondary N) is 1. The molecule has 1 heterocycles. The molecule has 0 atom stereocenters. The number of hydrogen-bond donors (Lipinski definition) is 2. The van der Waals surface area contributed by atoms with Crippen LogP contribution in [0.4, 0.5) is 32.0 Å². The highest BCUT2D eigenvalue weighted by atomic mass is 32.2. The predicted molar refractivity (Wildman–Crippen MR) is 143 cm³/mol. The summed E-state index contributed by atoms with van der Waals surface area (Å²) >= 11 is 0.563. The Morgan fingerprint density at radius 3 is 2.27 bits per heavy atom. The van der Waals surface area contributed by atoms with Gasteiger partial charge >= 0.3 is 18.3 Å². The Kier molecular flexibility index (Phi) is 9.41. The summed E-state index contributed by atoms with van der Waals surface area (Å²) in [6, 6.07) is 8.26. The number of amides is 1. The van der Waals surface area contributed by atoms with Crippen LogP contribution in [0, 0.1) is 5.92 Å². The first kappa shape index (κ1) is 30.5. The van der Waals surface area contributed by atoms with E-state index >= 15 is 0 Å². The van der Waals surface area contributed by atoms with E-state index in [1.54, 1.807) is 24.3 Å². The van der Waals surface area contributed by atoms with Crippen molar-refractivity contribution in [1.82, 2.24) is 4.90 Å². The number of carboxylic acids is 1. The van der Waals surface area contributed by atoms with Gasteiger partial charge in [-0.05, 0) is 68.0 Å². The molecular formula is C29H28F6N2O3S. The molecule has 0 spiro atoms. The molecule has 220 valence electrons. The number of aliphatic carboxylic acids is 1. The van der Waals surface area contributed by atoms with E-state index in [1.165, 1.54) is 11.0 Å². The molecule has 1 aliphatic heterocycles. The minimum atomic E-state index is -5.34. The molecule has 12 heteroatoms. The van der Waals surface area contributed by atoms with E-state index in [2.05, 4.69) is 5.32 Å². The molecule has 2 aromatic rings. The monoisotopic (exact) mass is 598 g/mol. The van der Waals surface area contributed by atoms with Crippen LogP contribution < -0.4 is 5.32 Å². The van der Waals surface area contributed by atoms with Crippen molar-refractivity contribution in [3.63, 3.8) is 0 Å². The van der Waals surface area contributed by atoms with Gasteiger partial charge in [-0.25, -0.2) is 0 Å². The number of carbonyl (C=O) groups excluding carboxylic acids is 1. The van der Waals surface area contributed by atoms with Crippen LogP contribution in [0.15, 0.2) is 64.4 Å². The maximum atomic E-state index is 14.2. The van der Waals surface area contributed by atoms with E-state index in [0.717, 1.165) is 24.3 Å². The first-order valence-electron chi connectivity index (χ1n) is 13.0. The summed E-state index contributed by atoms with van der Waals surface area (Å²) in [5.41, 5.74) is -3.83. The number of rotatable bonds is 7. The van der Waals surface area contributed by atoms with Gasteiger partial charge in [0.05, 0.1) is 17.0 Å². The Bertz CT molecular complexity index is 1330. The van der Waals surface area contributed by atoms with Gasteiger partial charge in [0, 0.05) is 40.7 Å². The van der Waals surface area contributed by atoms with Crippen LogP contribution in [0.5, 0.6) is 0 Å². The van der Waals surface area contributed by atoms with Gasteiger partial charge in [0.25, 0.3) is 0 Å². The van der Waals surface area contributed by atoms with Crippen LogP contribution in [0.3, 0.4) is 0 Å². The SMILES string of the molecule is O=C(O)C1CCC(Nc2cccc(Sc3ccc(/C=C/C(=O)N4CC=CCC4)c(C(F)(F)F)c3C(F)(F)F)c2)CC1. The van der Waals surface area contributed by atoms with Gasteiger partial charge in [-0.3, -0.25) is 9.59 Å². The third-order valence-electron chi connectivity index (χ3n) is 7.05. The molecule has 41 heavy (non-hydrogen) atoms. The lowest BCUT2D eigenvalue weighted by Gasteiger charge is -2.27. The van der Waals surface area contributed by atoms with Crippen molar-refractivity contribution >= 4 is 35.4 Å². The van der Waals surface area contributed by atoms with Gasteiger partial charge < -0.3 is 15.3 Å². The minimum Gasteiger partial charge on any atom is -0.481 e. The lowest BCUT2D eigenvalue weighted by atomic mass is 9.86. The summed E-state index contributed by atoms with van der Waals surface area (Å²) in [5.74, 6) is -1.83. The molecule has 2 N–H and O–H groups in total. The third kappa shape index (κ3) is 7.87. The van der Waals surface area contributed by atoms with Crippen LogP contribution in [0.25, 0.3) is 6.08 Å². The fourth-order valence-electron chi connectivity index (χ4n) is 5.02. The van der Waals surface area contributed by atoms with Gasteiger partial charge in [-0.15, -0.1) is 0 Å². The Labute approximate surface area is 237 Å². The summed E-state index contributed by atoms with van der Waals surface area (Å²) in [6.45, 7) is 0.642. The van der Waals surface area contributed by atoms with Crippen LogP contribution in [-0.2, 0) is 21.9 Å². The zero-order valence-electron chi connectivity index (χ0n) is 21.8. The van der Waals surface area contributed by atoms with E-state index in [4.69, 9.17) is 5.11 Å². The van der Waals surface area contributed by atoms with E-state index in [-0.39, 0.29) is 12.6 Å². The third-order valence-corrected chi connectivity index (χ3v) is 8.10. The summed E-state index contributed by atoms with van der Waals surface area (Å²) in [6.07, 6.45) is -2.62. The molecule has 2 aliphatic rings. The fraction of sp³-hybridized carbons (Fsp3) is 0.379. The van der Waals surface area contributed by atoms with E-state index < -0.39 is 51.7 Å². The number of carbonyl (C=O) groups is 2. The topological polar surface area (TPSA) is 69.6 Å². The highest BCUT2D eigenvalue weighted by Crippen LogP contribution is 2.48. The molecule has 5 nitrogen and oxygen atoms in total. The van der Waals surface area contributed by atoms with Crippen molar-refractivity contribution in [3.8, 4) is 0 Å². The Morgan fingerprint density at radius 2 is 1.66 bits per heavy atom. The average molecular weight is 599 g/mol. The first-order valence-corrected chi connectivity index (χ1v) is 13.8.